The molecule has 0 bridgehead atoms. The van der Waals surface area contributed by atoms with Crippen molar-refractivity contribution in [2.24, 2.45) is 0 Å². The van der Waals surface area contributed by atoms with E-state index in [1.165, 1.54) is 0 Å². The monoisotopic (exact) mass is 294 g/mol. The predicted molar refractivity (Wildman–Crippen MR) is 84.3 cm³/mol. The molecule has 1 atom stereocenters. The molecule has 0 spiro atoms. The molecule has 21 heavy (non-hydrogen) atoms. The first-order chi connectivity index (χ1) is 10.0. The summed E-state index contributed by atoms with van der Waals surface area (Å²) in [5.74, 6) is 1.09. The number of methoxy groups -OCH3 is 2. The van der Waals surface area contributed by atoms with Crippen LogP contribution in [-0.2, 0) is 0 Å². The van der Waals surface area contributed by atoms with Crippen LogP contribution in [0.3, 0.4) is 0 Å². The fourth-order valence-electron chi connectivity index (χ4n) is 1.92. The van der Waals surface area contributed by atoms with Crippen LogP contribution in [0.25, 0.3) is 0 Å². The Balaban J connectivity index is 2.59. The zero-order valence-corrected chi connectivity index (χ0v) is 13.6. The molecule has 1 aromatic rings. The van der Waals surface area contributed by atoms with Crippen LogP contribution in [0, 0.1) is 0 Å². The Hall–Kier alpha value is -1.75. The number of hydrogen-bond donors (Lipinski definition) is 1. The van der Waals surface area contributed by atoms with E-state index in [1.54, 1.807) is 32.4 Å². The molecule has 0 saturated heterocycles. The number of nitrogens with one attached hydrogen (secondary N) is 1. The summed E-state index contributed by atoms with van der Waals surface area (Å²) in [7, 11) is 5.20. The molecule has 5 nitrogen and oxygen atoms in total. The molecular weight excluding hydrogens is 268 g/mol. The van der Waals surface area contributed by atoms with Crippen molar-refractivity contribution in [2.45, 2.75) is 26.3 Å². The van der Waals surface area contributed by atoms with Gasteiger partial charge in [-0.3, -0.25) is 4.79 Å². The third-order valence-electron chi connectivity index (χ3n) is 3.71. The maximum Gasteiger partial charge on any atom is 0.251 e. The number of carbonyl (C=O) groups is 1. The molecule has 1 amide bonds. The molecule has 0 aliphatic carbocycles. The van der Waals surface area contributed by atoms with Crippen LogP contribution in [-0.4, -0.2) is 51.2 Å². The van der Waals surface area contributed by atoms with Gasteiger partial charge in [0.2, 0.25) is 0 Å². The Labute approximate surface area is 127 Å². The van der Waals surface area contributed by atoms with Gasteiger partial charge in [0.25, 0.3) is 5.91 Å². The number of ether oxygens (including phenoxy) is 2. The number of likely N-dealkylation sites (N-methyl/N-ethyl adjacent to an activating group) is 1. The van der Waals surface area contributed by atoms with E-state index in [0.717, 1.165) is 13.0 Å². The standard InChI is InChI=1S/C16H26N2O3/c1-6-12(2)18(3)8-7-17-16(19)13-9-14(20-4)11-15(10-13)21-5/h9-12H,6-8H2,1-5H3,(H,17,19)/t12-/m0/s1. The lowest BCUT2D eigenvalue weighted by atomic mass is 10.2. The lowest BCUT2D eigenvalue weighted by molar-refractivity contribution is 0.0946. The fourth-order valence-corrected chi connectivity index (χ4v) is 1.92. The van der Waals surface area contributed by atoms with Crippen molar-refractivity contribution in [1.29, 1.82) is 0 Å². The summed E-state index contributed by atoms with van der Waals surface area (Å²) in [5.41, 5.74) is 0.539. The van der Waals surface area contributed by atoms with Crippen LogP contribution in [0.4, 0.5) is 0 Å². The van der Waals surface area contributed by atoms with Crippen LogP contribution >= 0.6 is 0 Å². The summed E-state index contributed by atoms with van der Waals surface area (Å²) < 4.78 is 10.3. The lowest BCUT2D eigenvalue weighted by Crippen LogP contribution is -2.37. The zero-order valence-electron chi connectivity index (χ0n) is 13.6. The zero-order chi connectivity index (χ0) is 15.8. The highest BCUT2D eigenvalue weighted by Crippen LogP contribution is 2.22. The van der Waals surface area contributed by atoms with E-state index in [9.17, 15) is 4.79 Å². The summed E-state index contributed by atoms with van der Waals surface area (Å²) in [5, 5.41) is 2.92. The number of hydrogen-bond acceptors (Lipinski definition) is 4. The maximum absolute atomic E-state index is 12.2. The summed E-state index contributed by atoms with van der Waals surface area (Å²) in [6.45, 7) is 5.76. The summed E-state index contributed by atoms with van der Waals surface area (Å²) in [6, 6.07) is 5.67. The van der Waals surface area contributed by atoms with Gasteiger partial charge in [-0.1, -0.05) is 6.92 Å². The van der Waals surface area contributed by atoms with Crippen molar-refractivity contribution in [2.75, 3.05) is 34.4 Å². The average Bonchev–Trinajstić information content (AvgIpc) is 2.52. The first-order valence-corrected chi connectivity index (χ1v) is 7.23. The Morgan fingerprint density at radius 3 is 2.29 bits per heavy atom. The lowest BCUT2D eigenvalue weighted by Gasteiger charge is -2.23. The second-order valence-corrected chi connectivity index (χ2v) is 5.10. The first-order valence-electron chi connectivity index (χ1n) is 7.23. The predicted octanol–water partition coefficient (Wildman–Crippen LogP) is 2.16. The molecule has 0 unspecified atom stereocenters. The highest BCUT2D eigenvalue weighted by molar-refractivity contribution is 5.95. The second-order valence-electron chi connectivity index (χ2n) is 5.10. The third-order valence-corrected chi connectivity index (χ3v) is 3.71. The van der Waals surface area contributed by atoms with Gasteiger partial charge in [-0.2, -0.15) is 0 Å². The Morgan fingerprint density at radius 2 is 1.81 bits per heavy atom. The molecular formula is C16H26N2O3. The molecule has 1 aromatic carbocycles. The number of carbonyl (C=O) groups excluding carboxylic acids is 1. The molecule has 0 aliphatic heterocycles. The van der Waals surface area contributed by atoms with Gasteiger partial charge >= 0.3 is 0 Å². The molecule has 5 heteroatoms. The van der Waals surface area contributed by atoms with Gasteiger partial charge in [0, 0.05) is 30.8 Å². The van der Waals surface area contributed by atoms with Crippen molar-refractivity contribution in [1.82, 2.24) is 10.2 Å². The van der Waals surface area contributed by atoms with E-state index < -0.39 is 0 Å². The average molecular weight is 294 g/mol. The smallest absolute Gasteiger partial charge is 0.251 e. The normalized spacial score (nSPS) is 12.1. The summed E-state index contributed by atoms with van der Waals surface area (Å²) in [6.07, 6.45) is 1.09. The van der Waals surface area contributed by atoms with Crippen molar-refractivity contribution >= 4 is 5.91 Å². The van der Waals surface area contributed by atoms with Crippen LogP contribution < -0.4 is 14.8 Å². The Morgan fingerprint density at radius 1 is 1.24 bits per heavy atom. The van der Waals surface area contributed by atoms with E-state index in [-0.39, 0.29) is 5.91 Å². The van der Waals surface area contributed by atoms with Crippen LogP contribution in [0.1, 0.15) is 30.6 Å². The summed E-state index contributed by atoms with van der Waals surface area (Å²) in [4.78, 5) is 14.4. The number of nitrogens with zero attached hydrogens (tertiary/aromatic N) is 1. The topological polar surface area (TPSA) is 50.8 Å². The van der Waals surface area contributed by atoms with Gasteiger partial charge in [0.05, 0.1) is 14.2 Å². The fraction of sp³-hybridized carbons (Fsp3) is 0.562. The Kier molecular flexibility index (Phi) is 7.02. The van der Waals surface area contributed by atoms with Crippen molar-refractivity contribution in [3.8, 4) is 11.5 Å². The molecule has 0 heterocycles. The quantitative estimate of drug-likeness (QED) is 0.798. The van der Waals surface area contributed by atoms with Gasteiger partial charge in [-0.05, 0) is 32.5 Å². The van der Waals surface area contributed by atoms with Gasteiger partial charge in [0.1, 0.15) is 11.5 Å². The van der Waals surface area contributed by atoms with Crippen LogP contribution in [0.15, 0.2) is 18.2 Å². The summed E-state index contributed by atoms with van der Waals surface area (Å²) >= 11 is 0. The van der Waals surface area contributed by atoms with E-state index in [2.05, 4.69) is 31.1 Å². The van der Waals surface area contributed by atoms with Gasteiger partial charge in [-0.15, -0.1) is 0 Å². The number of benzene rings is 1. The molecule has 1 N–H and O–H groups in total. The second kappa shape index (κ2) is 8.52. The van der Waals surface area contributed by atoms with Crippen molar-refractivity contribution in [3.63, 3.8) is 0 Å². The minimum Gasteiger partial charge on any atom is -0.497 e. The molecule has 0 radical (unpaired) electrons. The Bertz CT molecular complexity index is 441. The molecule has 118 valence electrons. The molecule has 0 saturated carbocycles. The minimum absolute atomic E-state index is 0.121. The van der Waals surface area contributed by atoms with E-state index in [4.69, 9.17) is 9.47 Å². The number of rotatable bonds is 8. The van der Waals surface area contributed by atoms with E-state index in [0.29, 0.717) is 29.6 Å². The van der Waals surface area contributed by atoms with Crippen LogP contribution in [0.2, 0.25) is 0 Å². The van der Waals surface area contributed by atoms with Crippen molar-refractivity contribution in [3.05, 3.63) is 23.8 Å². The maximum atomic E-state index is 12.2. The van der Waals surface area contributed by atoms with Crippen LogP contribution in [0.5, 0.6) is 11.5 Å². The minimum atomic E-state index is -0.121. The third kappa shape index (κ3) is 5.27. The first kappa shape index (κ1) is 17.3. The molecule has 0 fully saturated rings. The molecule has 0 aromatic heterocycles. The van der Waals surface area contributed by atoms with Gasteiger partial charge < -0.3 is 19.7 Å². The molecule has 1 rings (SSSR count). The molecule has 0 aliphatic rings. The van der Waals surface area contributed by atoms with Gasteiger partial charge in [-0.25, -0.2) is 0 Å². The number of amides is 1. The largest absolute Gasteiger partial charge is 0.497 e. The highest BCUT2D eigenvalue weighted by Gasteiger charge is 2.11. The van der Waals surface area contributed by atoms with Crippen molar-refractivity contribution < 1.29 is 14.3 Å². The van der Waals surface area contributed by atoms with E-state index in [1.807, 2.05) is 0 Å². The SMILES string of the molecule is CC[C@H](C)N(C)CCNC(=O)c1cc(OC)cc(OC)c1. The van der Waals surface area contributed by atoms with E-state index >= 15 is 0 Å². The van der Waals surface area contributed by atoms with Gasteiger partial charge in [0.15, 0.2) is 0 Å². The highest BCUT2D eigenvalue weighted by atomic mass is 16.5.